The largest absolute Gasteiger partial charge is 0.508 e. The lowest BCUT2D eigenvalue weighted by atomic mass is 10.0. The summed E-state index contributed by atoms with van der Waals surface area (Å²) in [6, 6.07) is 2.60. The van der Waals surface area contributed by atoms with Crippen molar-refractivity contribution < 1.29 is 152 Å². The monoisotopic (exact) mass is 2070 g/mol. The Morgan fingerprint density at radius 3 is 0.932 bits per heavy atom. The molecule has 54 heteroatoms. The third kappa shape index (κ3) is 44.3. The van der Waals surface area contributed by atoms with E-state index in [1.807, 2.05) is 5.32 Å². The van der Waals surface area contributed by atoms with E-state index in [2.05, 4.69) is 85.1 Å². The predicted molar refractivity (Wildman–Crippen MR) is 520 cm³/mol. The number of primary amides is 1. The number of carboxylic acids is 5. The summed E-state index contributed by atoms with van der Waals surface area (Å²) in [6.07, 6.45) is -13.1. The molecule has 5 rings (SSSR count). The van der Waals surface area contributed by atoms with Crippen LogP contribution in [0.1, 0.15) is 126 Å². The topological polar surface area (TPSA) is 917 Å². The number of nitrogens with two attached hydrogens (primary N) is 4. The first-order valence-corrected chi connectivity index (χ1v) is 46.4. The van der Waals surface area contributed by atoms with Crippen LogP contribution >= 0.6 is 0 Å². The van der Waals surface area contributed by atoms with E-state index < -0.39 is 322 Å². The van der Waals surface area contributed by atoms with Crippen molar-refractivity contribution in [1.29, 1.82) is 10.8 Å². The number of carbonyl (C=O) groups is 21. The summed E-state index contributed by atoms with van der Waals surface area (Å²) in [5.74, 6) is -30.6. The number of rotatable bonds is 64. The molecule has 16 amide bonds. The van der Waals surface area contributed by atoms with Crippen LogP contribution in [0.15, 0.2) is 133 Å². The van der Waals surface area contributed by atoms with Crippen LogP contribution in [0.2, 0.25) is 0 Å². The van der Waals surface area contributed by atoms with Gasteiger partial charge < -0.3 is 164 Å². The van der Waals surface area contributed by atoms with Crippen LogP contribution in [0.3, 0.4) is 0 Å². The highest BCUT2D eigenvalue weighted by atomic mass is 16.4. The fourth-order valence-electron chi connectivity index (χ4n) is 14.4. The molecule has 0 unspecified atom stereocenters. The van der Waals surface area contributed by atoms with Gasteiger partial charge in [-0.2, -0.15) is 0 Å². The van der Waals surface area contributed by atoms with E-state index in [0.29, 0.717) is 16.7 Å². The number of benzene rings is 5. The first-order chi connectivity index (χ1) is 69.7. The highest BCUT2D eigenvalue weighted by molar-refractivity contribution is 6.02. The fraction of sp³-hybridized carbons (Fsp3) is 0.436. The van der Waals surface area contributed by atoms with Crippen molar-refractivity contribution in [3.63, 3.8) is 0 Å². The molecule has 148 heavy (non-hydrogen) atoms. The summed E-state index contributed by atoms with van der Waals surface area (Å²) in [5.41, 5.74) is 23.8. The Balaban J connectivity index is 1.47. The van der Waals surface area contributed by atoms with Crippen LogP contribution < -0.4 is 113 Å². The Morgan fingerprint density at radius 1 is 0.291 bits per heavy atom. The molecule has 0 spiro atoms. The number of aliphatic hydroxyl groups excluding tert-OH is 2. The minimum Gasteiger partial charge on any atom is -0.508 e. The van der Waals surface area contributed by atoms with E-state index >= 15 is 19.2 Å². The number of carboxylic acid groups (broad SMARTS) is 5. The highest BCUT2D eigenvalue weighted by Crippen LogP contribution is 2.20. The molecule has 5 aromatic rings. The second-order valence-electron chi connectivity index (χ2n) is 34.8. The number of aliphatic carboxylic acids is 5. The van der Waals surface area contributed by atoms with E-state index in [9.17, 15) is 127 Å². The normalized spacial score (nSPS) is 14.4. The minimum atomic E-state index is -2.29. The Labute approximate surface area is 845 Å². The van der Waals surface area contributed by atoms with E-state index in [1.54, 1.807) is 48.5 Å². The number of guanidine groups is 2. The number of carbonyl (C=O) groups excluding carboxylic acids is 16. The van der Waals surface area contributed by atoms with Gasteiger partial charge in [0.15, 0.2) is 11.9 Å². The summed E-state index contributed by atoms with van der Waals surface area (Å²) < 4.78 is 0. The molecule has 17 atom stereocenters. The molecule has 0 aliphatic carbocycles. The maximum Gasteiger partial charge on any atom is 0.326 e. The maximum absolute atomic E-state index is 15.1. The standard InChI is InChI=1S/C94H127N23O31/c1-46(2)75(89(144)114-68(92(147)148)44-74(131)132)115-88(143)66(42-69(96)123)111-81(136)60(32-34-72(127)128)105-83(138)62(40-52-21-27-55(121)28-22-52)109-86(141)67(43-73(129)130)112-84(139)63(41-53-23-29-56(122)30-24-53)108-80(135)59(18-12-36-102-94(99)100)106-90(145)76(47(3)118)117-87(142)65(38-50-15-9-6-10-16-50)110-85(140)64(37-49-13-7-5-8-14-49)113-91(146)77(48(4)119)116-82(137)58(17-11-35-101-93(97)98)104-70(124)45-103-79(134)61(39-51-19-25-54(120)26-20-51)107-78(133)57(95)31-33-71(125)126/h5-10,13-16,19-30,46-48,57-68,75-77,118-122H,11-12,17-18,31-45,95H2,1-4H3,(H2,96,123)(H,103,134)(H,104,124)(H,105,138)(H,106,145)(H,107,133)(H,108,135)(H,109,141)(H,110,140)(H,111,136)(H,112,139)(H,113,146)(H,114,144)(H,115,143)(H,116,137)(H,117,142)(H,125,126)(H,127,128)(H,129,130)(H,131,132)(H,147,148)(H4,97,98,101)(H4,99,100,102)/t47-,48-,57+,58+,59+,60+,61+,62+,63+,64+,65+,66+,67+,68+,75+,76+,77+/m1/s1. The molecule has 0 fully saturated rings. The van der Waals surface area contributed by atoms with Crippen molar-refractivity contribution in [2.45, 2.75) is 233 Å². The number of hydrogen-bond donors (Lipinski definition) is 33. The van der Waals surface area contributed by atoms with Gasteiger partial charge in [0.1, 0.15) is 102 Å². The zero-order valence-electron chi connectivity index (χ0n) is 80.9. The first kappa shape index (κ1) is 121. The maximum atomic E-state index is 15.1. The van der Waals surface area contributed by atoms with Gasteiger partial charge in [0, 0.05) is 58.0 Å². The number of nitrogens with one attached hydrogen (secondary N) is 19. The Hall–Kier alpha value is -17.2. The van der Waals surface area contributed by atoms with Crippen LogP contribution in [-0.2, 0) is 133 Å². The van der Waals surface area contributed by atoms with E-state index in [-0.39, 0.29) is 73.6 Å². The molecular weight excluding hydrogens is 1950 g/mol. The van der Waals surface area contributed by atoms with Crippen molar-refractivity contribution in [2.75, 3.05) is 19.6 Å². The van der Waals surface area contributed by atoms with Gasteiger partial charge in [-0.1, -0.05) is 111 Å². The lowest BCUT2D eigenvalue weighted by Gasteiger charge is -2.29. The predicted octanol–water partition coefficient (Wildman–Crippen LogP) is -7.87. The second-order valence-corrected chi connectivity index (χ2v) is 34.8. The van der Waals surface area contributed by atoms with Crippen LogP contribution in [0.5, 0.6) is 17.2 Å². The third-order valence-corrected chi connectivity index (χ3v) is 22.2. The van der Waals surface area contributed by atoms with Crippen LogP contribution in [0.25, 0.3) is 0 Å². The van der Waals surface area contributed by atoms with Gasteiger partial charge in [0.2, 0.25) is 94.5 Å². The van der Waals surface area contributed by atoms with Crippen molar-refractivity contribution in [1.82, 2.24) is 90.4 Å². The van der Waals surface area contributed by atoms with E-state index in [1.165, 1.54) is 74.5 Å². The molecule has 0 aromatic heterocycles. The Bertz CT molecular complexity index is 5470. The average Bonchev–Trinajstić information content (AvgIpc) is 0.838. The number of phenolic OH excluding ortho intramolecular Hbond substituents is 3. The van der Waals surface area contributed by atoms with Crippen molar-refractivity contribution in [3.8, 4) is 17.2 Å². The van der Waals surface area contributed by atoms with Gasteiger partial charge in [0.05, 0.1) is 44.1 Å². The Kier molecular flexibility index (Phi) is 50.0. The van der Waals surface area contributed by atoms with Gasteiger partial charge in [-0.3, -0.25) is 107 Å². The molecular formula is C94H127N23O31. The highest BCUT2D eigenvalue weighted by Gasteiger charge is 2.42. The molecule has 0 bridgehead atoms. The molecule has 0 saturated heterocycles. The first-order valence-electron chi connectivity index (χ1n) is 46.4. The number of aromatic hydroxyl groups is 3. The zero-order chi connectivity index (χ0) is 110. The van der Waals surface area contributed by atoms with Gasteiger partial charge >= 0.3 is 29.8 Å². The lowest BCUT2D eigenvalue weighted by molar-refractivity contribution is -0.147. The zero-order valence-corrected chi connectivity index (χ0v) is 80.9. The molecule has 54 nitrogen and oxygen atoms in total. The molecule has 37 N–H and O–H groups in total. The molecule has 0 radical (unpaired) electrons. The van der Waals surface area contributed by atoms with Gasteiger partial charge in [0.25, 0.3) is 0 Å². The third-order valence-electron chi connectivity index (χ3n) is 22.2. The minimum absolute atomic E-state index is 0.0232. The lowest BCUT2D eigenvalue weighted by Crippen LogP contribution is -2.63. The number of phenols is 3. The summed E-state index contributed by atoms with van der Waals surface area (Å²) >= 11 is 0. The number of hydrogen-bond acceptors (Lipinski definition) is 29. The van der Waals surface area contributed by atoms with Crippen LogP contribution in [0.4, 0.5) is 0 Å². The van der Waals surface area contributed by atoms with Gasteiger partial charge in [-0.25, -0.2) is 4.79 Å². The van der Waals surface area contributed by atoms with Crippen molar-refractivity contribution in [3.05, 3.63) is 161 Å². The van der Waals surface area contributed by atoms with E-state index in [4.69, 9.17) is 38.9 Å². The quantitative estimate of drug-likeness (QED) is 0.00977. The van der Waals surface area contributed by atoms with Gasteiger partial charge in [-0.05, 0) is 123 Å². The molecule has 804 valence electrons. The molecule has 0 aliphatic heterocycles. The summed E-state index contributed by atoms with van der Waals surface area (Å²) in [6.45, 7) is 3.70. The smallest absolute Gasteiger partial charge is 0.326 e. The number of aliphatic hydroxyl groups is 2. The summed E-state index contributed by atoms with van der Waals surface area (Å²) in [5, 5.41) is 157. The van der Waals surface area contributed by atoms with Crippen LogP contribution in [0, 0.1) is 16.7 Å². The fourth-order valence-corrected chi connectivity index (χ4v) is 14.4. The van der Waals surface area contributed by atoms with Crippen LogP contribution in [-0.4, -0.2) is 310 Å². The summed E-state index contributed by atoms with van der Waals surface area (Å²) in [7, 11) is 0. The molecule has 0 saturated carbocycles. The van der Waals surface area contributed by atoms with E-state index in [0.717, 1.165) is 38.1 Å². The number of amides is 16. The molecule has 0 heterocycles. The second kappa shape index (κ2) is 61.0. The van der Waals surface area contributed by atoms with Crippen molar-refractivity contribution >= 4 is 136 Å². The summed E-state index contributed by atoms with van der Waals surface area (Å²) in [4.78, 5) is 289. The SMILES string of the molecule is CC(C)[C@H](NC(=O)[C@H](CC(N)=O)NC(=O)[C@H](CCC(=O)O)NC(=O)[C@H](Cc1ccc(O)cc1)NC(=O)[C@H](CC(=O)O)NC(=O)[C@H](Cc1ccc(O)cc1)NC(=O)[C@H](CCCNC(=N)N)NC(=O)[C@@H](NC(=O)[C@H](Cc1ccccc1)NC(=O)[C@H](Cc1ccccc1)NC(=O)[C@@H](NC(=O)[C@H](CCCNC(=N)N)NC(=O)CNC(=O)[C@H](Cc1ccc(O)cc1)NC(=O)[C@@H](N)CCC(=O)O)[C@@H](C)O)[C@@H](C)O)C(=O)N[C@@H](CC(=O)O)C(=O)O. The van der Waals surface area contributed by atoms with Crippen molar-refractivity contribution in [2.24, 2.45) is 28.9 Å². The average molecular weight is 2080 g/mol. The molecule has 0 aliphatic rings. The van der Waals surface area contributed by atoms with Gasteiger partial charge in [-0.15, -0.1) is 0 Å². The Morgan fingerprint density at radius 2 is 0.568 bits per heavy atom. The molecule has 5 aromatic carbocycles.